The molecule has 0 bridgehead atoms. The van der Waals surface area contributed by atoms with Crippen molar-refractivity contribution < 1.29 is 9.90 Å². The van der Waals surface area contributed by atoms with Crippen molar-refractivity contribution in [3.05, 3.63) is 29.8 Å². The Balaban J connectivity index is 2.41. The smallest absolute Gasteiger partial charge is 0.337 e. The summed E-state index contributed by atoms with van der Waals surface area (Å²) < 4.78 is 0. The van der Waals surface area contributed by atoms with Crippen LogP contribution in [0.5, 0.6) is 0 Å². The van der Waals surface area contributed by atoms with Gasteiger partial charge in [0.25, 0.3) is 0 Å². The normalized spacial score (nSPS) is 24.0. The first-order valence-electron chi connectivity index (χ1n) is 6.25. The second-order valence-corrected chi connectivity index (χ2v) is 4.72. The first kappa shape index (κ1) is 12.0. The van der Waals surface area contributed by atoms with Gasteiger partial charge in [0.05, 0.1) is 11.3 Å². The van der Waals surface area contributed by atoms with Crippen molar-refractivity contribution in [1.82, 2.24) is 0 Å². The number of hydrogen-bond acceptors (Lipinski definition) is 2. The molecule has 1 N–H and O–H groups in total. The summed E-state index contributed by atoms with van der Waals surface area (Å²) in [6.45, 7) is 4.34. The van der Waals surface area contributed by atoms with Crippen LogP contribution in [-0.2, 0) is 0 Å². The summed E-state index contributed by atoms with van der Waals surface area (Å²) in [7, 11) is 0. The van der Waals surface area contributed by atoms with Crippen LogP contribution in [-0.4, -0.2) is 23.2 Å². The highest BCUT2D eigenvalue weighted by Crippen LogP contribution is 2.33. The minimum absolute atomic E-state index is 0.416. The number of anilines is 1. The molecule has 1 aromatic rings. The molecule has 2 atom stereocenters. The molecule has 1 aliphatic heterocycles. The number of carboxylic acids is 1. The van der Waals surface area contributed by atoms with Gasteiger partial charge < -0.3 is 10.0 Å². The van der Waals surface area contributed by atoms with Gasteiger partial charge in [0.2, 0.25) is 0 Å². The summed E-state index contributed by atoms with van der Waals surface area (Å²) in [5, 5.41) is 9.24. The molecular formula is C14H19NO2. The fourth-order valence-electron chi connectivity index (χ4n) is 2.79. The molecule has 1 heterocycles. The standard InChI is InChI=1S/C14H19NO2/c1-3-11-9-8-10(2)15(11)13-7-5-4-6-12(13)14(16)17/h4-7,10-11H,3,8-9H2,1-2H3,(H,16,17). The highest BCUT2D eigenvalue weighted by atomic mass is 16.4. The van der Waals surface area contributed by atoms with Crippen LogP contribution in [0.3, 0.4) is 0 Å². The first-order valence-corrected chi connectivity index (χ1v) is 6.25. The van der Waals surface area contributed by atoms with Crippen molar-refractivity contribution in [3.8, 4) is 0 Å². The number of nitrogens with zero attached hydrogens (tertiary/aromatic N) is 1. The zero-order chi connectivity index (χ0) is 12.4. The molecule has 17 heavy (non-hydrogen) atoms. The molecule has 0 spiro atoms. The van der Waals surface area contributed by atoms with Crippen molar-refractivity contribution in [3.63, 3.8) is 0 Å². The molecule has 2 unspecified atom stereocenters. The Morgan fingerprint density at radius 2 is 2.12 bits per heavy atom. The molecule has 1 aromatic carbocycles. The van der Waals surface area contributed by atoms with Crippen LogP contribution in [0.15, 0.2) is 24.3 Å². The Kier molecular flexibility index (Phi) is 3.36. The number of hydrogen-bond donors (Lipinski definition) is 1. The Labute approximate surface area is 102 Å². The van der Waals surface area contributed by atoms with Crippen LogP contribution in [0.25, 0.3) is 0 Å². The fourth-order valence-corrected chi connectivity index (χ4v) is 2.79. The summed E-state index contributed by atoms with van der Waals surface area (Å²) in [5.74, 6) is -0.838. The Morgan fingerprint density at radius 1 is 1.41 bits per heavy atom. The average molecular weight is 233 g/mol. The highest BCUT2D eigenvalue weighted by Gasteiger charge is 2.31. The number of rotatable bonds is 3. The minimum atomic E-state index is -0.838. The predicted octanol–water partition coefficient (Wildman–Crippen LogP) is 3.15. The summed E-state index contributed by atoms with van der Waals surface area (Å²) in [5.41, 5.74) is 1.29. The second-order valence-electron chi connectivity index (χ2n) is 4.72. The van der Waals surface area contributed by atoms with Gasteiger partial charge in [0, 0.05) is 12.1 Å². The Hall–Kier alpha value is -1.51. The SMILES string of the molecule is CCC1CCC(C)N1c1ccccc1C(=O)O. The Bertz CT molecular complexity index is 416. The molecule has 92 valence electrons. The van der Waals surface area contributed by atoms with Gasteiger partial charge in [-0.2, -0.15) is 0 Å². The van der Waals surface area contributed by atoms with Gasteiger partial charge in [-0.15, -0.1) is 0 Å². The van der Waals surface area contributed by atoms with Crippen molar-refractivity contribution in [2.75, 3.05) is 4.90 Å². The van der Waals surface area contributed by atoms with Gasteiger partial charge in [0.1, 0.15) is 0 Å². The lowest BCUT2D eigenvalue weighted by Gasteiger charge is -2.31. The second kappa shape index (κ2) is 4.78. The van der Waals surface area contributed by atoms with E-state index in [0.29, 0.717) is 17.6 Å². The lowest BCUT2D eigenvalue weighted by atomic mass is 10.1. The molecule has 3 heteroatoms. The number of benzene rings is 1. The summed E-state index contributed by atoms with van der Waals surface area (Å²) in [6.07, 6.45) is 3.37. The number of para-hydroxylation sites is 1. The van der Waals surface area contributed by atoms with Crippen molar-refractivity contribution in [2.45, 2.75) is 45.2 Å². The van der Waals surface area contributed by atoms with E-state index in [1.807, 2.05) is 12.1 Å². The summed E-state index contributed by atoms with van der Waals surface area (Å²) >= 11 is 0. The molecule has 0 amide bonds. The zero-order valence-electron chi connectivity index (χ0n) is 10.4. The average Bonchev–Trinajstić information content (AvgIpc) is 2.70. The van der Waals surface area contributed by atoms with Gasteiger partial charge in [-0.3, -0.25) is 0 Å². The monoisotopic (exact) mass is 233 g/mol. The number of aromatic carboxylic acids is 1. The lowest BCUT2D eigenvalue weighted by Crippen LogP contribution is -2.35. The highest BCUT2D eigenvalue weighted by molar-refractivity contribution is 5.94. The zero-order valence-corrected chi connectivity index (χ0v) is 10.4. The van der Waals surface area contributed by atoms with Crippen LogP contribution >= 0.6 is 0 Å². The lowest BCUT2D eigenvalue weighted by molar-refractivity contribution is 0.0697. The van der Waals surface area contributed by atoms with Crippen LogP contribution < -0.4 is 4.90 Å². The van der Waals surface area contributed by atoms with Gasteiger partial charge >= 0.3 is 5.97 Å². The molecule has 3 nitrogen and oxygen atoms in total. The Morgan fingerprint density at radius 3 is 2.76 bits per heavy atom. The predicted molar refractivity (Wildman–Crippen MR) is 68.7 cm³/mol. The van der Waals surface area contributed by atoms with E-state index in [1.54, 1.807) is 12.1 Å². The fraction of sp³-hybridized carbons (Fsp3) is 0.500. The van der Waals surface area contributed by atoms with E-state index >= 15 is 0 Å². The largest absolute Gasteiger partial charge is 0.478 e. The number of carbonyl (C=O) groups is 1. The third kappa shape index (κ3) is 2.14. The molecule has 2 rings (SSSR count). The molecular weight excluding hydrogens is 214 g/mol. The van der Waals surface area contributed by atoms with E-state index in [2.05, 4.69) is 18.7 Å². The van der Waals surface area contributed by atoms with Crippen LogP contribution in [0.1, 0.15) is 43.5 Å². The van der Waals surface area contributed by atoms with Gasteiger partial charge in [-0.1, -0.05) is 19.1 Å². The van der Waals surface area contributed by atoms with Gasteiger partial charge in [-0.25, -0.2) is 4.79 Å². The summed E-state index contributed by atoms with van der Waals surface area (Å²) in [6, 6.07) is 8.23. The maximum atomic E-state index is 11.3. The van der Waals surface area contributed by atoms with E-state index in [4.69, 9.17) is 0 Å². The molecule has 0 aliphatic carbocycles. The molecule has 0 saturated carbocycles. The van der Waals surface area contributed by atoms with Crippen LogP contribution in [0.4, 0.5) is 5.69 Å². The maximum Gasteiger partial charge on any atom is 0.337 e. The molecule has 0 radical (unpaired) electrons. The molecule has 1 saturated heterocycles. The van der Waals surface area contributed by atoms with Crippen molar-refractivity contribution >= 4 is 11.7 Å². The topological polar surface area (TPSA) is 40.5 Å². The van der Waals surface area contributed by atoms with E-state index in [9.17, 15) is 9.90 Å². The third-order valence-corrected chi connectivity index (χ3v) is 3.67. The molecule has 1 aliphatic rings. The van der Waals surface area contributed by atoms with Crippen LogP contribution in [0.2, 0.25) is 0 Å². The minimum Gasteiger partial charge on any atom is -0.478 e. The maximum absolute atomic E-state index is 11.3. The van der Waals surface area contributed by atoms with Crippen LogP contribution in [0, 0.1) is 0 Å². The third-order valence-electron chi connectivity index (χ3n) is 3.67. The first-order chi connectivity index (χ1) is 8.15. The summed E-state index contributed by atoms with van der Waals surface area (Å²) in [4.78, 5) is 13.5. The van der Waals surface area contributed by atoms with E-state index in [-0.39, 0.29) is 0 Å². The van der Waals surface area contributed by atoms with E-state index in [0.717, 1.165) is 24.9 Å². The van der Waals surface area contributed by atoms with Gasteiger partial charge in [0.15, 0.2) is 0 Å². The quantitative estimate of drug-likeness (QED) is 0.871. The van der Waals surface area contributed by atoms with Gasteiger partial charge in [-0.05, 0) is 38.3 Å². The van der Waals surface area contributed by atoms with Crippen molar-refractivity contribution in [1.29, 1.82) is 0 Å². The number of carboxylic acid groups (broad SMARTS) is 1. The molecule has 0 aromatic heterocycles. The van der Waals surface area contributed by atoms with E-state index in [1.165, 1.54) is 0 Å². The van der Waals surface area contributed by atoms with Crippen molar-refractivity contribution in [2.24, 2.45) is 0 Å². The van der Waals surface area contributed by atoms with E-state index < -0.39 is 5.97 Å². The molecule has 1 fully saturated rings.